The summed E-state index contributed by atoms with van der Waals surface area (Å²) in [5.41, 5.74) is 1.93. The third-order valence-corrected chi connectivity index (χ3v) is 13.5. The molecule has 0 radical (unpaired) electrons. The van der Waals surface area contributed by atoms with Crippen LogP contribution in [0, 0.1) is 0 Å². The molecule has 4 aromatic carbocycles. The van der Waals surface area contributed by atoms with Crippen LogP contribution in [0.2, 0.25) is 0 Å². The average Bonchev–Trinajstić information content (AvgIpc) is 3.60. The fourth-order valence-corrected chi connectivity index (χ4v) is 9.92. The molecule has 0 bridgehead atoms. The standard InChI is InChI=1S/2C19H21BrN2O3S/c2*20-16-8-6-9-17(14-16)21-19(23)15-7-5-10-18(13-15)26(24,25)22-11-3-1-2-4-12-22/h2*5-10,13-14H,1-4,11-12H2,(H,21,23). The molecule has 52 heavy (non-hydrogen) atoms. The molecule has 6 rings (SSSR count). The molecule has 0 saturated carbocycles. The summed E-state index contributed by atoms with van der Waals surface area (Å²) in [5.74, 6) is -0.674. The number of hydrogen-bond donors (Lipinski definition) is 2. The highest BCUT2D eigenvalue weighted by atomic mass is 79.9. The lowest BCUT2D eigenvalue weighted by molar-refractivity contribution is 0.101. The molecule has 2 aliphatic heterocycles. The van der Waals surface area contributed by atoms with E-state index in [4.69, 9.17) is 0 Å². The van der Waals surface area contributed by atoms with Crippen LogP contribution in [-0.2, 0) is 20.0 Å². The number of benzene rings is 4. The molecule has 14 heteroatoms. The van der Waals surface area contributed by atoms with Crippen LogP contribution in [0.5, 0.6) is 0 Å². The molecule has 4 aromatic rings. The van der Waals surface area contributed by atoms with Crippen LogP contribution < -0.4 is 10.6 Å². The van der Waals surface area contributed by atoms with E-state index in [9.17, 15) is 26.4 Å². The van der Waals surface area contributed by atoms with Gasteiger partial charge in [-0.05, 0) is 98.5 Å². The number of anilines is 2. The number of sulfonamides is 2. The Hall–Kier alpha value is -3.40. The van der Waals surface area contributed by atoms with Crippen molar-refractivity contribution >= 4 is 75.1 Å². The number of halogens is 2. The Balaban J connectivity index is 0.000000201. The number of nitrogens with one attached hydrogen (secondary N) is 2. The van der Waals surface area contributed by atoms with Crippen LogP contribution >= 0.6 is 31.9 Å². The molecule has 2 heterocycles. The van der Waals surface area contributed by atoms with E-state index in [-0.39, 0.29) is 21.6 Å². The maximum Gasteiger partial charge on any atom is 0.255 e. The third-order valence-electron chi connectivity index (χ3n) is 8.76. The van der Waals surface area contributed by atoms with E-state index in [1.54, 1.807) is 60.7 Å². The zero-order chi connectivity index (χ0) is 37.1. The van der Waals surface area contributed by atoms with Gasteiger partial charge in [0.25, 0.3) is 11.8 Å². The first-order valence-electron chi connectivity index (χ1n) is 17.3. The minimum Gasteiger partial charge on any atom is -0.322 e. The van der Waals surface area contributed by atoms with Crippen LogP contribution in [0.4, 0.5) is 11.4 Å². The minimum atomic E-state index is -3.58. The molecule has 0 unspecified atom stereocenters. The van der Waals surface area contributed by atoms with E-state index in [0.717, 1.165) is 60.3 Å². The first kappa shape index (κ1) is 39.8. The predicted molar refractivity (Wildman–Crippen MR) is 212 cm³/mol. The van der Waals surface area contributed by atoms with E-state index in [1.807, 2.05) is 24.3 Å². The monoisotopic (exact) mass is 872 g/mol. The molecule has 2 saturated heterocycles. The largest absolute Gasteiger partial charge is 0.322 e. The third kappa shape index (κ3) is 10.8. The van der Waals surface area contributed by atoms with Crippen LogP contribution in [-0.4, -0.2) is 63.4 Å². The van der Waals surface area contributed by atoms with Crippen LogP contribution in [0.15, 0.2) is 116 Å². The van der Waals surface area contributed by atoms with Gasteiger partial charge in [-0.15, -0.1) is 0 Å². The van der Waals surface area contributed by atoms with Gasteiger partial charge in [-0.3, -0.25) is 9.59 Å². The van der Waals surface area contributed by atoms with Gasteiger partial charge in [-0.2, -0.15) is 8.61 Å². The Labute approximate surface area is 323 Å². The normalized spacial score (nSPS) is 16.0. The lowest BCUT2D eigenvalue weighted by atomic mass is 10.2. The Morgan fingerprint density at radius 3 is 1.17 bits per heavy atom. The quantitative estimate of drug-likeness (QED) is 0.183. The van der Waals surface area contributed by atoms with Gasteiger partial charge in [0.2, 0.25) is 20.0 Å². The Kier molecular flexibility index (Phi) is 14.2. The number of carbonyl (C=O) groups excluding carboxylic acids is 2. The maximum atomic E-state index is 12.9. The molecule has 2 aliphatic rings. The van der Waals surface area contributed by atoms with Crippen LogP contribution in [0.25, 0.3) is 0 Å². The second-order valence-corrected chi connectivity index (χ2v) is 18.3. The molecule has 0 aromatic heterocycles. The van der Waals surface area contributed by atoms with Gasteiger partial charge in [-0.25, -0.2) is 16.8 Å². The second-order valence-electron chi connectivity index (χ2n) is 12.6. The molecule has 0 aliphatic carbocycles. The molecular formula is C38H42Br2N4O6S2. The van der Waals surface area contributed by atoms with Crippen molar-refractivity contribution < 1.29 is 26.4 Å². The number of rotatable bonds is 8. The average molecular weight is 875 g/mol. The summed E-state index contributed by atoms with van der Waals surface area (Å²) in [6, 6.07) is 27.0. The van der Waals surface area contributed by atoms with Gasteiger partial charge in [0.1, 0.15) is 0 Å². The van der Waals surface area contributed by atoms with Crippen molar-refractivity contribution in [1.29, 1.82) is 0 Å². The summed E-state index contributed by atoms with van der Waals surface area (Å²) in [6.45, 7) is 2.15. The Morgan fingerprint density at radius 1 is 0.481 bits per heavy atom. The van der Waals surface area contributed by atoms with Crippen molar-refractivity contribution in [2.24, 2.45) is 0 Å². The molecule has 2 N–H and O–H groups in total. The lowest BCUT2D eigenvalue weighted by Gasteiger charge is -2.20. The first-order valence-corrected chi connectivity index (χ1v) is 21.7. The molecule has 0 spiro atoms. The fourth-order valence-electron chi connectivity index (χ4n) is 6.00. The summed E-state index contributed by atoms with van der Waals surface area (Å²) in [6.07, 6.45) is 7.74. The van der Waals surface area contributed by atoms with Crippen LogP contribution in [0.1, 0.15) is 72.1 Å². The summed E-state index contributed by atoms with van der Waals surface area (Å²) >= 11 is 6.72. The molecule has 0 atom stereocenters. The molecule has 276 valence electrons. The van der Waals surface area contributed by atoms with E-state index in [2.05, 4.69) is 42.5 Å². The van der Waals surface area contributed by atoms with Gasteiger partial charge in [0, 0.05) is 57.6 Å². The van der Waals surface area contributed by atoms with Crippen LogP contribution in [0.3, 0.4) is 0 Å². The number of nitrogens with zero attached hydrogens (tertiary/aromatic N) is 2. The van der Waals surface area contributed by atoms with Gasteiger partial charge in [0.15, 0.2) is 0 Å². The molecular weight excluding hydrogens is 832 g/mol. The number of carbonyl (C=O) groups is 2. The van der Waals surface area contributed by atoms with Crippen molar-refractivity contribution in [1.82, 2.24) is 8.61 Å². The zero-order valence-corrected chi connectivity index (χ0v) is 33.4. The van der Waals surface area contributed by atoms with Crippen molar-refractivity contribution in [3.05, 3.63) is 117 Å². The van der Waals surface area contributed by atoms with E-state index >= 15 is 0 Å². The van der Waals surface area contributed by atoms with Gasteiger partial charge in [0.05, 0.1) is 9.79 Å². The number of hydrogen-bond acceptors (Lipinski definition) is 6. The summed E-state index contributed by atoms with van der Waals surface area (Å²) in [5, 5.41) is 5.58. The number of amides is 2. The minimum absolute atomic E-state index is 0.168. The fraction of sp³-hybridized carbons (Fsp3) is 0.316. The topological polar surface area (TPSA) is 133 Å². The summed E-state index contributed by atoms with van der Waals surface area (Å²) in [4.78, 5) is 25.3. The first-order chi connectivity index (χ1) is 24.9. The Morgan fingerprint density at radius 2 is 0.827 bits per heavy atom. The highest BCUT2D eigenvalue weighted by Gasteiger charge is 2.27. The van der Waals surface area contributed by atoms with Gasteiger partial charge in [-0.1, -0.05) is 81.8 Å². The second kappa shape index (κ2) is 18.6. The van der Waals surface area contributed by atoms with E-state index in [1.165, 1.54) is 20.7 Å². The van der Waals surface area contributed by atoms with Crippen molar-refractivity contribution in [3.8, 4) is 0 Å². The Bertz CT molecular complexity index is 1930. The molecule has 2 fully saturated rings. The van der Waals surface area contributed by atoms with Crippen molar-refractivity contribution in [2.75, 3.05) is 36.8 Å². The summed E-state index contributed by atoms with van der Waals surface area (Å²) < 4.78 is 56.4. The van der Waals surface area contributed by atoms with Crippen molar-refractivity contribution in [3.63, 3.8) is 0 Å². The molecule has 2 amide bonds. The zero-order valence-electron chi connectivity index (χ0n) is 28.6. The summed E-state index contributed by atoms with van der Waals surface area (Å²) in [7, 11) is -7.15. The maximum absolute atomic E-state index is 12.9. The smallest absolute Gasteiger partial charge is 0.255 e. The van der Waals surface area contributed by atoms with Gasteiger partial charge < -0.3 is 10.6 Å². The predicted octanol–water partition coefficient (Wildman–Crippen LogP) is 8.53. The van der Waals surface area contributed by atoms with Crippen molar-refractivity contribution in [2.45, 2.75) is 61.2 Å². The highest BCUT2D eigenvalue weighted by Crippen LogP contribution is 2.24. The van der Waals surface area contributed by atoms with Gasteiger partial charge >= 0.3 is 0 Å². The molecule has 10 nitrogen and oxygen atoms in total. The highest BCUT2D eigenvalue weighted by molar-refractivity contribution is 9.10. The van der Waals surface area contributed by atoms with E-state index in [0.29, 0.717) is 48.7 Å². The SMILES string of the molecule is O=C(Nc1cccc(Br)c1)c1cccc(S(=O)(=O)N2CCCCCC2)c1.O=C(Nc1cccc(Br)c1)c1cccc(S(=O)(=O)N2CCCCCC2)c1. The van der Waals surface area contributed by atoms with E-state index < -0.39 is 20.0 Å². The lowest BCUT2D eigenvalue weighted by Crippen LogP contribution is -2.32.